The van der Waals surface area contributed by atoms with E-state index in [0.717, 1.165) is 31.4 Å². The number of hydrogen-bond donors (Lipinski definition) is 2. The summed E-state index contributed by atoms with van der Waals surface area (Å²) in [5, 5.41) is 5.19. The normalized spacial score (nSPS) is 22.6. The fourth-order valence-corrected chi connectivity index (χ4v) is 3.40. The van der Waals surface area contributed by atoms with Crippen LogP contribution in [0.15, 0.2) is 12.1 Å². The minimum atomic E-state index is -1.64. The number of hydrogen-bond acceptors (Lipinski definition) is 3. The number of carbonyl (C=O) groups is 2. The Morgan fingerprint density at radius 3 is 2.44 bits per heavy atom. The standard InChI is InChI=1S/C19H26F3N3O2/c1-11-5-4-6-14(12(11)2)23-16(26)9-25(3)10-17(27)24-15-8-7-13(20)18(21)19(15)22/h7-8,11-12,14H,4-6,9-10H2,1-3H3,(H,23,26)(H,24,27)/t11-,12+,14+/m0/s1. The Bertz CT molecular complexity index is 699. The van der Waals surface area contributed by atoms with Crippen molar-refractivity contribution in [1.82, 2.24) is 10.2 Å². The quantitative estimate of drug-likeness (QED) is 0.741. The van der Waals surface area contributed by atoms with Crippen molar-refractivity contribution in [2.45, 2.75) is 39.2 Å². The largest absolute Gasteiger partial charge is 0.352 e. The second-order valence-electron chi connectivity index (χ2n) is 7.38. The van der Waals surface area contributed by atoms with Crippen LogP contribution >= 0.6 is 0 Å². The van der Waals surface area contributed by atoms with Gasteiger partial charge in [0.1, 0.15) is 0 Å². The Labute approximate surface area is 157 Å². The number of benzene rings is 1. The molecule has 3 atom stereocenters. The number of nitrogens with one attached hydrogen (secondary N) is 2. The summed E-state index contributed by atoms with van der Waals surface area (Å²) < 4.78 is 39.7. The maximum Gasteiger partial charge on any atom is 0.238 e. The van der Waals surface area contributed by atoms with E-state index in [4.69, 9.17) is 0 Å². The number of halogens is 3. The third-order valence-electron chi connectivity index (χ3n) is 5.19. The zero-order valence-electron chi connectivity index (χ0n) is 15.8. The number of rotatable bonds is 6. The Balaban J connectivity index is 1.82. The van der Waals surface area contributed by atoms with Crippen molar-refractivity contribution in [2.75, 3.05) is 25.5 Å². The lowest BCUT2D eigenvalue weighted by atomic mass is 9.78. The lowest BCUT2D eigenvalue weighted by Crippen LogP contribution is -2.47. The molecule has 1 aromatic rings. The summed E-state index contributed by atoms with van der Waals surface area (Å²) in [6.07, 6.45) is 3.18. The first kappa shape index (κ1) is 21.2. The molecule has 27 heavy (non-hydrogen) atoms. The van der Waals surface area contributed by atoms with Crippen molar-refractivity contribution in [3.8, 4) is 0 Å². The molecule has 0 radical (unpaired) electrons. The molecule has 1 aromatic carbocycles. The first-order valence-electron chi connectivity index (χ1n) is 9.10. The molecule has 2 N–H and O–H groups in total. The van der Waals surface area contributed by atoms with E-state index in [0.29, 0.717) is 11.8 Å². The molecule has 0 saturated heterocycles. The van der Waals surface area contributed by atoms with Gasteiger partial charge in [-0.3, -0.25) is 14.5 Å². The molecule has 0 heterocycles. The summed E-state index contributed by atoms with van der Waals surface area (Å²) in [5.74, 6) is -4.29. The maximum atomic E-state index is 13.6. The van der Waals surface area contributed by atoms with Gasteiger partial charge < -0.3 is 10.6 Å². The Kier molecular flexibility index (Phi) is 7.24. The lowest BCUT2D eigenvalue weighted by molar-refractivity contribution is -0.124. The van der Waals surface area contributed by atoms with Gasteiger partial charge in [0, 0.05) is 6.04 Å². The molecule has 2 rings (SSSR count). The van der Waals surface area contributed by atoms with Crippen LogP contribution in [0.3, 0.4) is 0 Å². The van der Waals surface area contributed by atoms with Gasteiger partial charge in [-0.25, -0.2) is 13.2 Å². The molecule has 0 aromatic heterocycles. The fraction of sp³-hybridized carbons (Fsp3) is 0.579. The highest BCUT2D eigenvalue weighted by molar-refractivity contribution is 5.92. The maximum absolute atomic E-state index is 13.6. The van der Waals surface area contributed by atoms with E-state index in [9.17, 15) is 22.8 Å². The van der Waals surface area contributed by atoms with Gasteiger partial charge in [-0.15, -0.1) is 0 Å². The van der Waals surface area contributed by atoms with Gasteiger partial charge in [0.25, 0.3) is 0 Å². The first-order valence-corrected chi connectivity index (χ1v) is 9.10. The number of amides is 2. The second kappa shape index (κ2) is 9.21. The third kappa shape index (κ3) is 5.69. The SMILES string of the molecule is C[C@@H]1[C@@H](C)CCC[C@H]1NC(=O)CN(C)CC(=O)Nc1ccc(F)c(F)c1F. The van der Waals surface area contributed by atoms with Crippen molar-refractivity contribution in [3.63, 3.8) is 0 Å². The van der Waals surface area contributed by atoms with Gasteiger partial charge in [-0.1, -0.05) is 26.7 Å². The van der Waals surface area contributed by atoms with E-state index in [1.165, 1.54) is 4.90 Å². The smallest absolute Gasteiger partial charge is 0.238 e. The molecule has 8 heteroatoms. The minimum Gasteiger partial charge on any atom is -0.352 e. The van der Waals surface area contributed by atoms with Gasteiger partial charge >= 0.3 is 0 Å². The van der Waals surface area contributed by atoms with Gasteiger partial charge in [-0.05, 0) is 37.4 Å². The zero-order valence-corrected chi connectivity index (χ0v) is 15.8. The summed E-state index contributed by atoms with van der Waals surface area (Å²) in [6, 6.07) is 1.81. The molecule has 1 aliphatic carbocycles. The summed E-state index contributed by atoms with van der Waals surface area (Å²) in [5.41, 5.74) is -0.443. The second-order valence-corrected chi connectivity index (χ2v) is 7.38. The topological polar surface area (TPSA) is 61.4 Å². The molecule has 1 aliphatic rings. The molecule has 1 saturated carbocycles. The fourth-order valence-electron chi connectivity index (χ4n) is 3.40. The molecule has 1 fully saturated rings. The predicted molar refractivity (Wildman–Crippen MR) is 96.6 cm³/mol. The Morgan fingerprint density at radius 1 is 1.07 bits per heavy atom. The number of carbonyl (C=O) groups excluding carboxylic acids is 2. The molecular weight excluding hydrogens is 359 g/mol. The van der Waals surface area contributed by atoms with Crippen molar-refractivity contribution < 1.29 is 22.8 Å². The van der Waals surface area contributed by atoms with E-state index < -0.39 is 29.0 Å². The molecule has 0 bridgehead atoms. The van der Waals surface area contributed by atoms with Crippen molar-refractivity contribution >= 4 is 17.5 Å². The number of anilines is 1. The average molecular weight is 385 g/mol. The molecule has 0 unspecified atom stereocenters. The Hall–Kier alpha value is -2.09. The van der Waals surface area contributed by atoms with Gasteiger partial charge in [0.15, 0.2) is 17.5 Å². The average Bonchev–Trinajstić information content (AvgIpc) is 2.59. The third-order valence-corrected chi connectivity index (χ3v) is 5.19. The number of likely N-dealkylation sites (N-methyl/N-ethyl adjacent to an activating group) is 1. The highest BCUT2D eigenvalue weighted by Gasteiger charge is 2.28. The van der Waals surface area contributed by atoms with Crippen LogP contribution in [-0.4, -0.2) is 42.9 Å². The van der Waals surface area contributed by atoms with E-state index in [-0.39, 0.29) is 25.0 Å². The molecular formula is C19H26F3N3O2. The summed E-state index contributed by atoms with van der Waals surface area (Å²) in [7, 11) is 1.58. The van der Waals surface area contributed by atoms with Crippen LogP contribution in [0.4, 0.5) is 18.9 Å². The highest BCUT2D eigenvalue weighted by atomic mass is 19.2. The van der Waals surface area contributed by atoms with Crippen molar-refractivity contribution in [3.05, 3.63) is 29.6 Å². The summed E-state index contributed by atoms with van der Waals surface area (Å²) in [4.78, 5) is 25.7. The van der Waals surface area contributed by atoms with Crippen LogP contribution in [0, 0.1) is 29.3 Å². The number of nitrogens with zero attached hydrogens (tertiary/aromatic N) is 1. The molecule has 5 nitrogen and oxygen atoms in total. The van der Waals surface area contributed by atoms with Crippen LogP contribution < -0.4 is 10.6 Å². The van der Waals surface area contributed by atoms with Gasteiger partial charge in [0.2, 0.25) is 11.8 Å². The monoisotopic (exact) mass is 385 g/mol. The zero-order chi connectivity index (χ0) is 20.1. The van der Waals surface area contributed by atoms with E-state index >= 15 is 0 Å². The van der Waals surface area contributed by atoms with E-state index in [1.807, 2.05) is 0 Å². The molecule has 0 aliphatic heterocycles. The Morgan fingerprint density at radius 2 is 1.74 bits per heavy atom. The van der Waals surface area contributed by atoms with E-state index in [1.54, 1.807) is 7.05 Å². The summed E-state index contributed by atoms with van der Waals surface area (Å²) >= 11 is 0. The van der Waals surface area contributed by atoms with Crippen LogP contribution in [0.25, 0.3) is 0 Å². The van der Waals surface area contributed by atoms with E-state index in [2.05, 4.69) is 24.5 Å². The van der Waals surface area contributed by atoms with Crippen LogP contribution in [0.5, 0.6) is 0 Å². The molecule has 2 amide bonds. The lowest BCUT2D eigenvalue weighted by Gasteiger charge is -2.34. The van der Waals surface area contributed by atoms with Gasteiger partial charge in [0.05, 0.1) is 18.8 Å². The van der Waals surface area contributed by atoms with Crippen molar-refractivity contribution in [2.24, 2.45) is 11.8 Å². The van der Waals surface area contributed by atoms with Crippen LogP contribution in [-0.2, 0) is 9.59 Å². The van der Waals surface area contributed by atoms with Crippen molar-refractivity contribution in [1.29, 1.82) is 0 Å². The van der Waals surface area contributed by atoms with Crippen LogP contribution in [0.1, 0.15) is 33.1 Å². The van der Waals surface area contributed by atoms with Crippen LogP contribution in [0.2, 0.25) is 0 Å². The van der Waals surface area contributed by atoms with Gasteiger partial charge in [-0.2, -0.15) is 0 Å². The molecule has 0 spiro atoms. The predicted octanol–water partition coefficient (Wildman–Crippen LogP) is 2.92. The highest BCUT2D eigenvalue weighted by Crippen LogP contribution is 2.29. The first-order chi connectivity index (χ1) is 12.7. The minimum absolute atomic E-state index is 0.00524. The molecule has 150 valence electrons. The summed E-state index contributed by atoms with van der Waals surface area (Å²) in [6.45, 7) is 4.12.